The van der Waals surface area contributed by atoms with Crippen LogP contribution in [0, 0.1) is 28.6 Å². The van der Waals surface area contributed by atoms with Crippen molar-refractivity contribution in [2.45, 2.75) is 78.0 Å². The van der Waals surface area contributed by atoms with E-state index in [9.17, 15) is 9.59 Å². The number of halogens is 1. The van der Waals surface area contributed by atoms with Crippen LogP contribution in [0.5, 0.6) is 0 Å². The summed E-state index contributed by atoms with van der Waals surface area (Å²) in [5.74, 6) is 1.09. The van der Waals surface area contributed by atoms with Crippen molar-refractivity contribution in [2.75, 3.05) is 0 Å². The van der Waals surface area contributed by atoms with Crippen molar-refractivity contribution in [3.63, 3.8) is 0 Å². The third-order valence-electron chi connectivity index (χ3n) is 8.16. The number of hydrogen-bond donors (Lipinski definition) is 0. The second-order valence-corrected chi connectivity index (χ2v) is 9.28. The van der Waals surface area contributed by atoms with E-state index in [4.69, 9.17) is 4.74 Å². The van der Waals surface area contributed by atoms with Gasteiger partial charge >= 0.3 is 5.97 Å². The van der Waals surface area contributed by atoms with Crippen molar-refractivity contribution in [1.29, 1.82) is 0 Å². The minimum absolute atomic E-state index is 0.0192. The number of rotatable bonds is 1. The van der Waals surface area contributed by atoms with E-state index < -0.39 is 6.17 Å². The largest absolute Gasteiger partial charge is 0.462 e. The molecule has 0 aromatic carbocycles. The molecule has 0 bridgehead atoms. The van der Waals surface area contributed by atoms with Gasteiger partial charge in [-0.1, -0.05) is 13.8 Å². The average molecular weight is 348 g/mol. The fourth-order valence-electron chi connectivity index (χ4n) is 6.90. The summed E-state index contributed by atoms with van der Waals surface area (Å²) in [5.41, 5.74) is 0.578. The first-order chi connectivity index (χ1) is 11.8. The zero-order valence-electron chi connectivity index (χ0n) is 15.5. The van der Waals surface area contributed by atoms with Crippen LogP contribution < -0.4 is 0 Å². The number of fused-ring (bicyclic) bond motifs is 5. The Hall–Kier alpha value is -1.19. The molecule has 3 saturated carbocycles. The molecule has 3 fully saturated rings. The summed E-state index contributed by atoms with van der Waals surface area (Å²) in [7, 11) is 0. The van der Waals surface area contributed by atoms with Crippen LogP contribution in [0.4, 0.5) is 4.39 Å². The molecule has 138 valence electrons. The lowest BCUT2D eigenvalue weighted by Gasteiger charge is -2.58. The Balaban J connectivity index is 1.66. The number of ketones is 1. The topological polar surface area (TPSA) is 43.4 Å². The van der Waals surface area contributed by atoms with Gasteiger partial charge in [0.05, 0.1) is 0 Å². The molecule has 4 aliphatic carbocycles. The molecule has 0 aromatic heterocycles. The molecule has 0 aliphatic heterocycles. The second kappa shape index (κ2) is 5.65. The molecule has 0 N–H and O–H groups in total. The summed E-state index contributed by atoms with van der Waals surface area (Å²) >= 11 is 0. The predicted molar refractivity (Wildman–Crippen MR) is 92.5 cm³/mol. The predicted octanol–water partition coefficient (Wildman–Crippen LogP) is 4.40. The van der Waals surface area contributed by atoms with Gasteiger partial charge < -0.3 is 4.74 Å². The molecule has 7 unspecified atom stereocenters. The first-order valence-electron chi connectivity index (χ1n) is 9.82. The van der Waals surface area contributed by atoms with E-state index in [1.54, 1.807) is 6.08 Å². The summed E-state index contributed by atoms with van der Waals surface area (Å²) in [4.78, 5) is 23.4. The van der Waals surface area contributed by atoms with Gasteiger partial charge in [-0.2, -0.15) is 0 Å². The Morgan fingerprint density at radius 2 is 1.96 bits per heavy atom. The van der Waals surface area contributed by atoms with Crippen LogP contribution in [0.3, 0.4) is 0 Å². The molecule has 0 saturated heterocycles. The molecule has 4 rings (SSSR count). The van der Waals surface area contributed by atoms with Crippen LogP contribution in [0.15, 0.2) is 11.6 Å². The molecule has 0 aromatic rings. The first-order valence-corrected chi connectivity index (χ1v) is 9.82. The molecular formula is C21H29FO3. The van der Waals surface area contributed by atoms with Crippen molar-refractivity contribution < 1.29 is 18.7 Å². The molecule has 0 radical (unpaired) electrons. The van der Waals surface area contributed by atoms with Crippen molar-refractivity contribution in [1.82, 2.24) is 0 Å². The highest BCUT2D eigenvalue weighted by Crippen LogP contribution is 2.65. The lowest BCUT2D eigenvalue weighted by atomic mass is 9.47. The average Bonchev–Trinajstić information content (AvgIpc) is 2.86. The number of carbonyl (C=O) groups excluding carboxylic acids is 2. The molecule has 0 amide bonds. The van der Waals surface area contributed by atoms with Gasteiger partial charge in [0.1, 0.15) is 12.3 Å². The zero-order chi connectivity index (χ0) is 18.0. The monoisotopic (exact) mass is 348 g/mol. The van der Waals surface area contributed by atoms with Gasteiger partial charge in [-0.3, -0.25) is 9.59 Å². The van der Waals surface area contributed by atoms with Gasteiger partial charge in [-0.25, -0.2) is 4.39 Å². The highest BCUT2D eigenvalue weighted by Gasteiger charge is 2.61. The van der Waals surface area contributed by atoms with E-state index in [0.717, 1.165) is 37.7 Å². The van der Waals surface area contributed by atoms with E-state index in [1.165, 1.54) is 6.92 Å². The maximum atomic E-state index is 15.1. The number of esters is 1. The summed E-state index contributed by atoms with van der Waals surface area (Å²) < 4.78 is 20.7. The van der Waals surface area contributed by atoms with E-state index in [0.29, 0.717) is 30.6 Å². The van der Waals surface area contributed by atoms with Gasteiger partial charge in [0.25, 0.3) is 0 Å². The second-order valence-electron chi connectivity index (χ2n) is 9.28. The SMILES string of the molecule is CC(=O)OC1CCC2C3CC(F)C4=CC(=O)CCC4(C)C3CCC12C. The van der Waals surface area contributed by atoms with Crippen molar-refractivity contribution in [3.05, 3.63) is 11.6 Å². The zero-order valence-corrected chi connectivity index (χ0v) is 15.5. The van der Waals surface area contributed by atoms with E-state index in [-0.39, 0.29) is 28.7 Å². The normalized spacial score (nSPS) is 48.9. The molecule has 25 heavy (non-hydrogen) atoms. The number of ether oxygens (including phenoxy) is 1. The van der Waals surface area contributed by atoms with E-state index in [2.05, 4.69) is 13.8 Å². The molecule has 0 heterocycles. The van der Waals surface area contributed by atoms with Crippen molar-refractivity contribution in [3.8, 4) is 0 Å². The lowest BCUT2D eigenvalue weighted by Crippen LogP contribution is -2.54. The maximum Gasteiger partial charge on any atom is 0.302 e. The summed E-state index contributed by atoms with van der Waals surface area (Å²) in [6.45, 7) is 5.92. The quantitative estimate of drug-likeness (QED) is 0.660. The third-order valence-corrected chi connectivity index (χ3v) is 8.16. The Labute approximate surface area is 149 Å². The summed E-state index contributed by atoms with van der Waals surface area (Å²) in [5, 5.41) is 0. The maximum absolute atomic E-state index is 15.1. The first kappa shape index (κ1) is 17.2. The number of hydrogen-bond acceptors (Lipinski definition) is 3. The Morgan fingerprint density at radius 3 is 2.68 bits per heavy atom. The molecule has 3 nitrogen and oxygen atoms in total. The smallest absolute Gasteiger partial charge is 0.302 e. The van der Waals surface area contributed by atoms with E-state index >= 15 is 4.39 Å². The molecule has 0 spiro atoms. The highest BCUT2D eigenvalue weighted by molar-refractivity contribution is 5.91. The van der Waals surface area contributed by atoms with Crippen LogP contribution in [-0.2, 0) is 14.3 Å². The van der Waals surface area contributed by atoms with Gasteiger partial charge in [0.15, 0.2) is 5.78 Å². The molecule has 4 heteroatoms. The van der Waals surface area contributed by atoms with Crippen molar-refractivity contribution >= 4 is 11.8 Å². The minimum Gasteiger partial charge on any atom is -0.462 e. The highest BCUT2D eigenvalue weighted by atomic mass is 19.1. The van der Waals surface area contributed by atoms with Gasteiger partial charge in [0, 0.05) is 18.8 Å². The minimum atomic E-state index is -0.995. The number of carbonyl (C=O) groups is 2. The van der Waals surface area contributed by atoms with Crippen molar-refractivity contribution in [2.24, 2.45) is 28.6 Å². The van der Waals surface area contributed by atoms with Crippen LogP contribution in [0.25, 0.3) is 0 Å². The van der Waals surface area contributed by atoms with Gasteiger partial charge in [-0.15, -0.1) is 0 Å². The van der Waals surface area contributed by atoms with Crippen LogP contribution in [0.1, 0.15) is 65.7 Å². The van der Waals surface area contributed by atoms with E-state index in [1.807, 2.05) is 0 Å². The van der Waals surface area contributed by atoms with Gasteiger partial charge in [-0.05, 0) is 73.3 Å². The molecular weight excluding hydrogens is 319 g/mol. The summed E-state index contributed by atoms with van der Waals surface area (Å²) in [6.07, 6.45) is 6.48. The number of allylic oxidation sites excluding steroid dienone is 1. The van der Waals surface area contributed by atoms with Gasteiger partial charge in [0.2, 0.25) is 0 Å². The number of alkyl halides is 1. The lowest BCUT2D eigenvalue weighted by molar-refractivity contribution is -0.157. The third kappa shape index (κ3) is 2.43. The van der Waals surface area contributed by atoms with Crippen LogP contribution >= 0.6 is 0 Å². The molecule has 4 aliphatic rings. The molecule has 7 atom stereocenters. The fraction of sp³-hybridized carbons (Fsp3) is 0.810. The van der Waals surface area contributed by atoms with Crippen LogP contribution in [0.2, 0.25) is 0 Å². The van der Waals surface area contributed by atoms with Crippen LogP contribution in [-0.4, -0.2) is 24.0 Å². The fourth-order valence-corrected chi connectivity index (χ4v) is 6.90. The summed E-state index contributed by atoms with van der Waals surface area (Å²) in [6, 6.07) is 0. The Kier molecular flexibility index (Phi) is 3.90. The Morgan fingerprint density at radius 1 is 1.20 bits per heavy atom. The standard InChI is InChI=1S/C21H29FO3/c1-12(23)25-19-5-4-15-14-11-18(22)17-10-13(24)6-8-20(17,2)16(14)7-9-21(15,19)3/h10,14-16,18-19H,4-9,11H2,1-3H3. The Bertz CT molecular complexity index is 641.